The van der Waals surface area contributed by atoms with Crippen LogP contribution < -0.4 is 4.90 Å². The summed E-state index contributed by atoms with van der Waals surface area (Å²) in [6, 6.07) is 3.83. The summed E-state index contributed by atoms with van der Waals surface area (Å²) in [6.07, 6.45) is 1.77. The Morgan fingerprint density at radius 3 is 2.82 bits per heavy atom. The van der Waals surface area contributed by atoms with Crippen LogP contribution in [0.25, 0.3) is 0 Å². The number of aliphatic hydroxyl groups is 1. The van der Waals surface area contributed by atoms with Gasteiger partial charge in [0.1, 0.15) is 5.82 Å². The predicted molar refractivity (Wildman–Crippen MR) is 69.1 cm³/mol. The second-order valence-electron chi connectivity index (χ2n) is 5.34. The van der Waals surface area contributed by atoms with E-state index in [9.17, 15) is 0 Å². The zero-order valence-corrected chi connectivity index (χ0v) is 10.8. The lowest BCUT2D eigenvalue weighted by Crippen LogP contribution is -2.57. The smallest absolute Gasteiger partial charge is 0.128 e. The Morgan fingerprint density at radius 2 is 2.18 bits per heavy atom. The summed E-state index contributed by atoms with van der Waals surface area (Å²) in [5.41, 5.74) is 1.08. The molecule has 0 amide bonds. The van der Waals surface area contributed by atoms with Gasteiger partial charge in [0.2, 0.25) is 0 Å². The van der Waals surface area contributed by atoms with Crippen LogP contribution in [0.5, 0.6) is 0 Å². The van der Waals surface area contributed by atoms with Gasteiger partial charge in [-0.3, -0.25) is 4.90 Å². The molecule has 4 heteroatoms. The summed E-state index contributed by atoms with van der Waals surface area (Å²) in [5.74, 6) is 0.970. The van der Waals surface area contributed by atoms with Gasteiger partial charge in [-0.2, -0.15) is 0 Å². The molecule has 1 N–H and O–H groups in total. The maximum absolute atomic E-state index is 9.15. The first-order chi connectivity index (χ1) is 8.03. The minimum Gasteiger partial charge on any atom is -0.392 e. The van der Waals surface area contributed by atoms with Crippen LogP contribution in [0.3, 0.4) is 0 Å². The average molecular weight is 235 g/mol. The van der Waals surface area contributed by atoms with Crippen molar-refractivity contribution in [2.45, 2.75) is 26.0 Å². The monoisotopic (exact) mass is 235 g/mol. The summed E-state index contributed by atoms with van der Waals surface area (Å²) in [7, 11) is 2.16. The van der Waals surface area contributed by atoms with Crippen LogP contribution in [0.15, 0.2) is 18.3 Å². The van der Waals surface area contributed by atoms with E-state index in [1.54, 1.807) is 6.20 Å². The lowest BCUT2D eigenvalue weighted by molar-refractivity contribution is 0.138. The summed E-state index contributed by atoms with van der Waals surface area (Å²) in [4.78, 5) is 9.06. The van der Waals surface area contributed by atoms with Gasteiger partial charge in [-0.15, -0.1) is 0 Å². The molecule has 94 valence electrons. The zero-order chi connectivity index (χ0) is 12.5. The normalized spacial score (nSPS) is 20.6. The Hall–Kier alpha value is -1.13. The Balaban J connectivity index is 2.17. The molecule has 2 rings (SSSR count). The van der Waals surface area contributed by atoms with Gasteiger partial charge in [-0.05, 0) is 38.6 Å². The highest BCUT2D eigenvalue weighted by Gasteiger charge is 2.31. The van der Waals surface area contributed by atoms with Crippen molar-refractivity contribution in [3.63, 3.8) is 0 Å². The van der Waals surface area contributed by atoms with Gasteiger partial charge in [-0.1, -0.05) is 0 Å². The highest BCUT2D eigenvalue weighted by molar-refractivity contribution is 5.42. The van der Waals surface area contributed by atoms with E-state index >= 15 is 0 Å². The van der Waals surface area contributed by atoms with E-state index in [0.717, 1.165) is 31.0 Å². The number of rotatable bonds is 2. The molecule has 4 nitrogen and oxygen atoms in total. The summed E-state index contributed by atoms with van der Waals surface area (Å²) < 4.78 is 0. The van der Waals surface area contributed by atoms with Gasteiger partial charge in [0.15, 0.2) is 0 Å². The van der Waals surface area contributed by atoms with Crippen LogP contribution >= 0.6 is 0 Å². The van der Waals surface area contributed by atoms with Crippen LogP contribution in [0.2, 0.25) is 0 Å². The van der Waals surface area contributed by atoms with Crippen molar-refractivity contribution in [1.29, 1.82) is 0 Å². The largest absolute Gasteiger partial charge is 0.392 e. The quantitative estimate of drug-likeness (QED) is 0.833. The van der Waals surface area contributed by atoms with Gasteiger partial charge in [0.25, 0.3) is 0 Å². The molecule has 1 aliphatic heterocycles. The molecule has 0 bridgehead atoms. The number of aromatic nitrogens is 1. The number of hydrogen-bond donors (Lipinski definition) is 1. The maximum Gasteiger partial charge on any atom is 0.128 e. The van der Waals surface area contributed by atoms with Crippen molar-refractivity contribution >= 4 is 5.82 Å². The van der Waals surface area contributed by atoms with Crippen LogP contribution in [0.4, 0.5) is 5.82 Å². The maximum atomic E-state index is 9.15. The van der Waals surface area contributed by atoms with E-state index in [-0.39, 0.29) is 12.1 Å². The van der Waals surface area contributed by atoms with E-state index < -0.39 is 0 Å². The SMILES string of the molecule is CN1CCN(c2cc(CO)ccn2)CC1(C)C. The second kappa shape index (κ2) is 4.63. The van der Waals surface area contributed by atoms with Gasteiger partial charge in [-0.25, -0.2) is 4.98 Å². The highest BCUT2D eigenvalue weighted by atomic mass is 16.3. The molecule has 1 saturated heterocycles. The van der Waals surface area contributed by atoms with Crippen molar-refractivity contribution in [3.8, 4) is 0 Å². The minimum absolute atomic E-state index is 0.0760. The number of anilines is 1. The first kappa shape index (κ1) is 12.3. The number of likely N-dealkylation sites (N-methyl/N-ethyl adjacent to an activating group) is 1. The third-order valence-corrected chi connectivity index (χ3v) is 3.63. The van der Waals surface area contributed by atoms with E-state index in [1.807, 2.05) is 12.1 Å². The molecular weight excluding hydrogens is 214 g/mol. The number of hydrogen-bond acceptors (Lipinski definition) is 4. The third kappa shape index (κ3) is 2.58. The third-order valence-electron chi connectivity index (χ3n) is 3.63. The first-order valence-electron chi connectivity index (χ1n) is 6.05. The highest BCUT2D eigenvalue weighted by Crippen LogP contribution is 2.23. The molecule has 1 aliphatic rings. The molecule has 17 heavy (non-hydrogen) atoms. The predicted octanol–water partition coefficient (Wildman–Crippen LogP) is 1.10. The molecule has 0 atom stereocenters. The van der Waals surface area contributed by atoms with E-state index in [2.05, 4.69) is 35.7 Å². The summed E-state index contributed by atoms with van der Waals surface area (Å²) in [6.45, 7) is 7.56. The second-order valence-corrected chi connectivity index (χ2v) is 5.34. The van der Waals surface area contributed by atoms with Crippen LogP contribution in [-0.4, -0.2) is 47.2 Å². The molecule has 0 aliphatic carbocycles. The minimum atomic E-state index is 0.0760. The van der Waals surface area contributed by atoms with Gasteiger partial charge in [0.05, 0.1) is 6.61 Å². The van der Waals surface area contributed by atoms with Gasteiger partial charge >= 0.3 is 0 Å². The summed E-state index contributed by atoms with van der Waals surface area (Å²) in [5, 5.41) is 9.15. The molecule has 0 unspecified atom stereocenters. The van der Waals surface area contributed by atoms with Crippen molar-refractivity contribution in [3.05, 3.63) is 23.9 Å². The van der Waals surface area contributed by atoms with Crippen LogP contribution in [0, 0.1) is 0 Å². The lowest BCUT2D eigenvalue weighted by atomic mass is 10.00. The Labute approximate surface area is 103 Å². The van der Waals surface area contributed by atoms with Gasteiger partial charge in [0, 0.05) is 31.4 Å². The van der Waals surface area contributed by atoms with E-state index in [4.69, 9.17) is 5.11 Å². The van der Waals surface area contributed by atoms with Crippen molar-refractivity contribution < 1.29 is 5.11 Å². The van der Waals surface area contributed by atoms with Gasteiger partial charge < -0.3 is 10.0 Å². The molecule has 0 saturated carbocycles. The Morgan fingerprint density at radius 1 is 1.41 bits per heavy atom. The molecule has 1 aromatic rings. The molecule has 1 fully saturated rings. The Kier molecular flexibility index (Phi) is 3.35. The molecule has 1 aromatic heterocycles. The fourth-order valence-corrected chi connectivity index (χ4v) is 2.17. The standard InChI is InChI=1S/C13H21N3O/c1-13(2)10-16(7-6-15(13)3)12-8-11(9-17)4-5-14-12/h4-5,8,17H,6-7,9-10H2,1-3H3. The average Bonchev–Trinajstić information content (AvgIpc) is 2.32. The van der Waals surface area contributed by atoms with Crippen LogP contribution in [0.1, 0.15) is 19.4 Å². The Bertz CT molecular complexity index is 392. The molecule has 0 aromatic carbocycles. The number of aliphatic hydroxyl groups excluding tert-OH is 1. The van der Waals surface area contributed by atoms with Crippen molar-refractivity contribution in [2.24, 2.45) is 0 Å². The molecule has 0 radical (unpaired) electrons. The fraction of sp³-hybridized carbons (Fsp3) is 0.615. The first-order valence-corrected chi connectivity index (χ1v) is 6.05. The van der Waals surface area contributed by atoms with Crippen LogP contribution in [-0.2, 0) is 6.61 Å². The van der Waals surface area contributed by atoms with Crippen molar-refractivity contribution in [2.75, 3.05) is 31.6 Å². The lowest BCUT2D eigenvalue weighted by Gasteiger charge is -2.45. The van der Waals surface area contributed by atoms with E-state index in [0.29, 0.717) is 0 Å². The molecule has 2 heterocycles. The van der Waals surface area contributed by atoms with E-state index in [1.165, 1.54) is 0 Å². The summed E-state index contributed by atoms with van der Waals surface area (Å²) >= 11 is 0. The number of piperazine rings is 1. The zero-order valence-electron chi connectivity index (χ0n) is 10.8. The topological polar surface area (TPSA) is 39.6 Å². The van der Waals surface area contributed by atoms with Crippen molar-refractivity contribution in [1.82, 2.24) is 9.88 Å². The fourth-order valence-electron chi connectivity index (χ4n) is 2.17. The number of pyridine rings is 1. The molecular formula is C13H21N3O. The number of nitrogens with zero attached hydrogens (tertiary/aromatic N) is 3. The molecule has 0 spiro atoms.